The van der Waals surface area contributed by atoms with E-state index in [2.05, 4.69) is 5.32 Å². The second-order valence-corrected chi connectivity index (χ2v) is 10.1. The van der Waals surface area contributed by atoms with E-state index in [1.807, 2.05) is 44.2 Å². The predicted octanol–water partition coefficient (Wildman–Crippen LogP) is 5.26. The summed E-state index contributed by atoms with van der Waals surface area (Å²) < 4.78 is 27.8. The van der Waals surface area contributed by atoms with E-state index in [0.29, 0.717) is 41.6 Å². The summed E-state index contributed by atoms with van der Waals surface area (Å²) in [7, 11) is 0. The van der Waals surface area contributed by atoms with Gasteiger partial charge in [-0.3, -0.25) is 9.69 Å². The number of nitrogens with zero attached hydrogens (tertiary/aromatic N) is 1. The van der Waals surface area contributed by atoms with Crippen LogP contribution in [-0.2, 0) is 16.1 Å². The molecule has 3 N–H and O–H groups in total. The molecule has 1 amide bonds. The molecular formula is C29H29FN2O5. The van der Waals surface area contributed by atoms with Crippen LogP contribution in [0, 0.1) is 11.2 Å². The molecule has 1 atom stereocenters. The number of anilines is 2. The van der Waals surface area contributed by atoms with Crippen LogP contribution in [0.3, 0.4) is 0 Å². The quantitative estimate of drug-likeness (QED) is 0.411. The van der Waals surface area contributed by atoms with Crippen molar-refractivity contribution in [3.8, 4) is 11.5 Å². The van der Waals surface area contributed by atoms with Crippen molar-refractivity contribution in [2.24, 2.45) is 5.41 Å². The number of hydrogen-bond acceptors (Lipinski definition) is 6. The van der Waals surface area contributed by atoms with E-state index >= 15 is 4.39 Å². The van der Waals surface area contributed by atoms with Crippen LogP contribution in [0.2, 0.25) is 0 Å². The van der Waals surface area contributed by atoms with Crippen molar-refractivity contribution in [3.05, 3.63) is 95.1 Å². The highest BCUT2D eigenvalue weighted by Gasteiger charge is 2.42. The lowest BCUT2D eigenvalue weighted by molar-refractivity contribution is -0.121. The topological polar surface area (TPSA) is 91.3 Å². The molecule has 3 aromatic rings. The fourth-order valence-corrected chi connectivity index (χ4v) is 4.79. The van der Waals surface area contributed by atoms with Gasteiger partial charge in [0.15, 0.2) is 0 Å². The van der Waals surface area contributed by atoms with E-state index in [1.165, 1.54) is 17.0 Å². The summed E-state index contributed by atoms with van der Waals surface area (Å²) in [6, 6.07) is 17.8. The van der Waals surface area contributed by atoms with Crippen LogP contribution >= 0.6 is 0 Å². The first-order valence-electron chi connectivity index (χ1n) is 12.1. The number of carbonyl (C=O) groups is 1. The Labute approximate surface area is 214 Å². The number of phenolic OH excluding ortho intramolecular Hbond substituents is 1. The molecule has 2 aliphatic rings. The molecule has 0 saturated heterocycles. The number of aromatic hydroxyl groups is 1. The summed E-state index contributed by atoms with van der Waals surface area (Å²) in [6.07, 6.45) is 0.549. The third kappa shape index (κ3) is 4.84. The van der Waals surface area contributed by atoms with E-state index in [4.69, 9.17) is 9.47 Å². The number of phenols is 1. The van der Waals surface area contributed by atoms with Gasteiger partial charge in [0.25, 0.3) is 5.91 Å². The molecule has 37 heavy (non-hydrogen) atoms. The molecule has 0 saturated carbocycles. The molecule has 2 heterocycles. The Hall–Kier alpha value is -4.04. The van der Waals surface area contributed by atoms with E-state index in [9.17, 15) is 15.0 Å². The molecule has 1 unspecified atom stereocenters. The summed E-state index contributed by atoms with van der Waals surface area (Å²) in [5, 5.41) is 23.8. The standard InChI is InChI=1S/C29H29FN2O5/c1-29(2)14-22-28(37-17-29)27(32(25(35)15-33)23-9-6-10-24(34)26(23)31-22)20-12-11-19(13-21(20)30)36-16-18-7-4-3-5-8-18/h3-13,27,31,33-34H,14-17H2,1-2H3. The Bertz CT molecular complexity index is 1360. The van der Waals surface area contributed by atoms with Crippen LogP contribution < -0.4 is 15.0 Å². The lowest BCUT2D eigenvalue weighted by atomic mass is 9.85. The summed E-state index contributed by atoms with van der Waals surface area (Å²) in [5.41, 5.74) is 2.14. The van der Waals surface area contributed by atoms with Gasteiger partial charge < -0.3 is 25.0 Å². The SMILES string of the molecule is CC1(C)COC2=C(C1)Nc1c(O)cccc1N(C(=O)CO)C2c1ccc(OCc2ccccc2)cc1F. The highest BCUT2D eigenvalue weighted by atomic mass is 19.1. The zero-order valence-electron chi connectivity index (χ0n) is 20.7. The monoisotopic (exact) mass is 504 g/mol. The number of rotatable bonds is 5. The molecule has 7 nitrogen and oxygen atoms in total. The molecule has 2 aliphatic heterocycles. The second-order valence-electron chi connectivity index (χ2n) is 10.1. The maximum atomic E-state index is 15.8. The summed E-state index contributed by atoms with van der Waals surface area (Å²) in [5.74, 6) is -0.613. The smallest absolute Gasteiger partial charge is 0.253 e. The first-order chi connectivity index (χ1) is 17.8. The lowest BCUT2D eigenvalue weighted by Crippen LogP contribution is -2.40. The third-order valence-corrected chi connectivity index (χ3v) is 6.55. The maximum Gasteiger partial charge on any atom is 0.253 e. The van der Waals surface area contributed by atoms with Crippen molar-refractivity contribution in [2.75, 3.05) is 23.4 Å². The van der Waals surface area contributed by atoms with Crippen LogP contribution in [0.25, 0.3) is 0 Å². The number of hydrogen-bond donors (Lipinski definition) is 3. The average molecular weight is 505 g/mol. The molecule has 0 radical (unpaired) electrons. The van der Waals surface area contributed by atoms with Crippen LogP contribution in [0.15, 0.2) is 78.2 Å². The molecule has 0 aromatic heterocycles. The van der Waals surface area contributed by atoms with Gasteiger partial charge in [-0.15, -0.1) is 0 Å². The maximum absolute atomic E-state index is 15.8. The number of fused-ring (bicyclic) bond motifs is 1. The molecule has 0 bridgehead atoms. The van der Waals surface area contributed by atoms with Gasteiger partial charge in [-0.1, -0.05) is 50.2 Å². The van der Waals surface area contributed by atoms with Crippen LogP contribution in [0.5, 0.6) is 11.5 Å². The molecule has 5 rings (SSSR count). The minimum absolute atomic E-state index is 0.0748. The van der Waals surface area contributed by atoms with Crippen LogP contribution in [-0.4, -0.2) is 29.3 Å². The second kappa shape index (κ2) is 9.78. The number of para-hydroxylation sites is 1. The van der Waals surface area contributed by atoms with Gasteiger partial charge in [-0.25, -0.2) is 4.39 Å². The first kappa shape index (κ1) is 24.6. The summed E-state index contributed by atoms with van der Waals surface area (Å²) in [6.45, 7) is 3.91. The average Bonchev–Trinajstić information content (AvgIpc) is 3.02. The van der Waals surface area contributed by atoms with Gasteiger partial charge in [0.05, 0.1) is 18.0 Å². The van der Waals surface area contributed by atoms with Crippen molar-refractivity contribution in [1.82, 2.24) is 0 Å². The van der Waals surface area contributed by atoms with Crippen molar-refractivity contribution in [3.63, 3.8) is 0 Å². The van der Waals surface area contributed by atoms with Gasteiger partial charge in [-0.05, 0) is 36.2 Å². The Morgan fingerprint density at radius 1 is 1.16 bits per heavy atom. The van der Waals surface area contributed by atoms with Crippen LogP contribution in [0.4, 0.5) is 15.8 Å². The lowest BCUT2D eigenvalue weighted by Gasteiger charge is -2.37. The Morgan fingerprint density at radius 2 is 1.95 bits per heavy atom. The van der Waals surface area contributed by atoms with Crippen molar-refractivity contribution < 1.29 is 28.9 Å². The number of allylic oxidation sites excluding steroid dienone is 1. The summed E-state index contributed by atoms with van der Waals surface area (Å²) >= 11 is 0. The number of nitrogens with one attached hydrogen (secondary N) is 1. The van der Waals surface area contributed by atoms with Crippen molar-refractivity contribution >= 4 is 17.3 Å². The van der Waals surface area contributed by atoms with E-state index in [-0.39, 0.29) is 23.3 Å². The first-order valence-corrected chi connectivity index (χ1v) is 12.1. The number of amides is 1. The molecule has 0 fully saturated rings. The van der Waals surface area contributed by atoms with Gasteiger partial charge >= 0.3 is 0 Å². The van der Waals surface area contributed by atoms with Gasteiger partial charge in [0.2, 0.25) is 0 Å². The zero-order chi connectivity index (χ0) is 26.2. The normalized spacial score (nSPS) is 18.2. The molecular weight excluding hydrogens is 475 g/mol. The van der Waals surface area contributed by atoms with Crippen LogP contribution in [0.1, 0.15) is 37.4 Å². The Kier molecular flexibility index (Phi) is 6.52. The fraction of sp³-hybridized carbons (Fsp3) is 0.276. The van der Waals surface area contributed by atoms with E-state index in [1.54, 1.807) is 24.3 Å². The molecule has 192 valence electrons. The molecule has 0 spiro atoms. The predicted molar refractivity (Wildman–Crippen MR) is 138 cm³/mol. The molecule has 0 aliphatic carbocycles. The van der Waals surface area contributed by atoms with Crippen molar-refractivity contribution in [2.45, 2.75) is 32.9 Å². The number of aliphatic hydroxyl groups excluding tert-OH is 1. The number of halogens is 1. The number of carbonyl (C=O) groups excluding carboxylic acids is 1. The van der Waals surface area contributed by atoms with Gasteiger partial charge in [0, 0.05) is 17.0 Å². The highest BCUT2D eigenvalue weighted by molar-refractivity contribution is 6.00. The van der Waals surface area contributed by atoms with E-state index < -0.39 is 24.4 Å². The van der Waals surface area contributed by atoms with E-state index in [0.717, 1.165) is 5.56 Å². The number of aliphatic hydroxyl groups is 1. The van der Waals surface area contributed by atoms with Crippen molar-refractivity contribution in [1.29, 1.82) is 0 Å². The molecule has 3 aromatic carbocycles. The largest absolute Gasteiger partial charge is 0.506 e. The third-order valence-electron chi connectivity index (χ3n) is 6.55. The fourth-order valence-electron chi connectivity index (χ4n) is 4.79. The zero-order valence-corrected chi connectivity index (χ0v) is 20.7. The number of ether oxygens (including phenoxy) is 2. The molecule has 8 heteroatoms. The highest BCUT2D eigenvalue weighted by Crippen LogP contribution is 2.49. The minimum atomic E-state index is -1.01. The Balaban J connectivity index is 1.60. The van der Waals surface area contributed by atoms with Gasteiger partial charge in [0.1, 0.15) is 48.0 Å². The number of benzene rings is 3. The van der Waals surface area contributed by atoms with Gasteiger partial charge in [-0.2, -0.15) is 0 Å². The minimum Gasteiger partial charge on any atom is -0.506 e. The Morgan fingerprint density at radius 3 is 2.68 bits per heavy atom. The summed E-state index contributed by atoms with van der Waals surface area (Å²) in [4.78, 5) is 14.4.